The van der Waals surface area contributed by atoms with E-state index in [9.17, 15) is 18.0 Å². The molecule has 2 heterocycles. The highest BCUT2D eigenvalue weighted by atomic mass is 32.2. The lowest BCUT2D eigenvalue weighted by Gasteiger charge is -2.23. The van der Waals surface area contributed by atoms with Gasteiger partial charge in [0.05, 0.1) is 4.90 Å². The maximum Gasteiger partial charge on any atom is 0.243 e. The van der Waals surface area contributed by atoms with Crippen LogP contribution >= 0.6 is 0 Å². The van der Waals surface area contributed by atoms with Gasteiger partial charge in [-0.2, -0.15) is 4.31 Å². The van der Waals surface area contributed by atoms with Crippen molar-refractivity contribution in [2.24, 2.45) is 0 Å². The van der Waals surface area contributed by atoms with Gasteiger partial charge in [-0.25, -0.2) is 8.42 Å². The minimum absolute atomic E-state index is 0.220. The number of carbonyl (C=O) groups excluding carboxylic acids is 2. The minimum Gasteiger partial charge on any atom is -0.350 e. The molecular formula is C23H27N3O4S. The highest BCUT2D eigenvalue weighted by molar-refractivity contribution is 7.89. The van der Waals surface area contributed by atoms with Crippen LogP contribution in [0.5, 0.6) is 0 Å². The van der Waals surface area contributed by atoms with Gasteiger partial charge in [0.25, 0.3) is 0 Å². The molecule has 31 heavy (non-hydrogen) atoms. The Labute approximate surface area is 183 Å². The van der Waals surface area contributed by atoms with E-state index in [0.717, 1.165) is 24.0 Å². The number of carbonyl (C=O) groups is 2. The lowest BCUT2D eigenvalue weighted by Crippen LogP contribution is -2.47. The average Bonchev–Trinajstić information content (AvgIpc) is 3.40. The largest absolute Gasteiger partial charge is 0.350 e. The second kappa shape index (κ2) is 8.43. The first-order valence-corrected chi connectivity index (χ1v) is 12.0. The van der Waals surface area contributed by atoms with Gasteiger partial charge < -0.3 is 5.32 Å². The summed E-state index contributed by atoms with van der Waals surface area (Å²) >= 11 is 0. The van der Waals surface area contributed by atoms with Gasteiger partial charge in [-0.1, -0.05) is 24.3 Å². The fourth-order valence-electron chi connectivity index (χ4n) is 4.37. The zero-order valence-corrected chi connectivity index (χ0v) is 18.6. The standard InChI is InChI=1S/C23H27N3O4S/c1-16-7-3-4-8-18(16)15-24-23(28)22-14-19-13-20(9-10-21(19)26(22)17(2)27)31(29,30)25-11-5-6-12-25/h3-4,7-10,13,22H,5-6,11-12,14-15H2,1-2H3,(H,24,28)/t22-/m1/s1. The van der Waals surface area contributed by atoms with E-state index < -0.39 is 16.1 Å². The Hall–Kier alpha value is -2.71. The molecule has 0 aromatic heterocycles. The summed E-state index contributed by atoms with van der Waals surface area (Å²) in [4.78, 5) is 27.0. The third-order valence-electron chi connectivity index (χ3n) is 6.09. The van der Waals surface area contributed by atoms with Gasteiger partial charge in [-0.05, 0) is 54.7 Å². The normalized spacial score (nSPS) is 18.8. The van der Waals surface area contributed by atoms with Crippen LogP contribution in [-0.2, 0) is 32.6 Å². The van der Waals surface area contributed by atoms with Gasteiger partial charge >= 0.3 is 0 Å². The summed E-state index contributed by atoms with van der Waals surface area (Å²) in [7, 11) is -3.56. The second-order valence-electron chi connectivity index (χ2n) is 8.15. The minimum atomic E-state index is -3.56. The number of sulfonamides is 1. The third-order valence-corrected chi connectivity index (χ3v) is 7.99. The molecule has 0 radical (unpaired) electrons. The Kier molecular flexibility index (Phi) is 5.85. The van der Waals surface area contributed by atoms with Crippen LogP contribution in [0.4, 0.5) is 5.69 Å². The monoisotopic (exact) mass is 441 g/mol. The predicted molar refractivity (Wildman–Crippen MR) is 118 cm³/mol. The van der Waals surface area contributed by atoms with E-state index in [1.807, 2.05) is 31.2 Å². The number of aryl methyl sites for hydroxylation is 1. The molecule has 2 aliphatic heterocycles. The molecule has 0 spiro atoms. The quantitative estimate of drug-likeness (QED) is 0.772. The van der Waals surface area contributed by atoms with Crippen LogP contribution in [0.15, 0.2) is 47.4 Å². The Morgan fingerprint density at radius 2 is 1.81 bits per heavy atom. The summed E-state index contributed by atoms with van der Waals surface area (Å²) in [5.74, 6) is -0.497. The Morgan fingerprint density at radius 3 is 2.48 bits per heavy atom. The van der Waals surface area contributed by atoms with Gasteiger partial charge in [0, 0.05) is 38.7 Å². The van der Waals surface area contributed by atoms with E-state index in [0.29, 0.717) is 30.9 Å². The predicted octanol–water partition coefficient (Wildman–Crippen LogP) is 2.37. The number of amides is 2. The number of nitrogens with one attached hydrogen (secondary N) is 1. The van der Waals surface area contributed by atoms with Crippen molar-refractivity contribution in [1.29, 1.82) is 0 Å². The number of hydrogen-bond donors (Lipinski definition) is 1. The molecule has 1 saturated heterocycles. The van der Waals surface area contributed by atoms with Crippen LogP contribution in [0.3, 0.4) is 0 Å². The van der Waals surface area contributed by atoms with Crippen molar-refractivity contribution in [2.45, 2.75) is 50.6 Å². The van der Waals surface area contributed by atoms with Crippen molar-refractivity contribution in [3.63, 3.8) is 0 Å². The van der Waals surface area contributed by atoms with Crippen LogP contribution < -0.4 is 10.2 Å². The smallest absolute Gasteiger partial charge is 0.243 e. The lowest BCUT2D eigenvalue weighted by molar-refractivity contribution is -0.125. The van der Waals surface area contributed by atoms with Gasteiger partial charge in [0.2, 0.25) is 21.8 Å². The zero-order valence-electron chi connectivity index (χ0n) is 17.8. The molecular weight excluding hydrogens is 414 g/mol. The van der Waals surface area contributed by atoms with Crippen LogP contribution in [0, 0.1) is 6.92 Å². The highest BCUT2D eigenvalue weighted by Gasteiger charge is 2.38. The first kappa shape index (κ1) is 21.5. The van der Waals surface area contributed by atoms with E-state index in [-0.39, 0.29) is 23.1 Å². The summed E-state index contributed by atoms with van der Waals surface area (Å²) in [5.41, 5.74) is 3.40. The van der Waals surface area contributed by atoms with E-state index in [2.05, 4.69) is 5.32 Å². The topological polar surface area (TPSA) is 86.8 Å². The number of rotatable bonds is 5. The van der Waals surface area contributed by atoms with Gasteiger partial charge in [-0.15, -0.1) is 0 Å². The number of anilines is 1. The summed E-state index contributed by atoms with van der Waals surface area (Å²) in [5, 5.41) is 2.93. The van der Waals surface area contributed by atoms with E-state index >= 15 is 0 Å². The van der Waals surface area contributed by atoms with Crippen molar-refractivity contribution in [3.05, 3.63) is 59.2 Å². The molecule has 1 atom stereocenters. The van der Waals surface area contributed by atoms with Crippen molar-refractivity contribution >= 4 is 27.5 Å². The second-order valence-corrected chi connectivity index (χ2v) is 10.1. The van der Waals surface area contributed by atoms with E-state index in [1.165, 1.54) is 22.2 Å². The number of benzene rings is 2. The third kappa shape index (κ3) is 4.09. The number of fused-ring (bicyclic) bond motifs is 1. The SMILES string of the molecule is CC(=O)N1c2ccc(S(=O)(=O)N3CCCC3)cc2C[C@@H]1C(=O)NCc1ccccc1C. The molecule has 1 N–H and O–H groups in total. The molecule has 7 nitrogen and oxygen atoms in total. The molecule has 1 fully saturated rings. The molecule has 8 heteroatoms. The number of hydrogen-bond acceptors (Lipinski definition) is 4. The Morgan fingerprint density at radius 1 is 1.10 bits per heavy atom. The molecule has 4 rings (SSSR count). The Balaban J connectivity index is 1.56. The molecule has 0 aliphatic carbocycles. The molecule has 2 aromatic rings. The van der Waals surface area contributed by atoms with Gasteiger partial charge in [0.15, 0.2) is 0 Å². The summed E-state index contributed by atoms with van der Waals surface area (Å²) in [6, 6.07) is 11.9. The van der Waals surface area contributed by atoms with E-state index in [4.69, 9.17) is 0 Å². The zero-order chi connectivity index (χ0) is 22.2. The van der Waals surface area contributed by atoms with Crippen molar-refractivity contribution in [2.75, 3.05) is 18.0 Å². The first-order valence-electron chi connectivity index (χ1n) is 10.5. The highest BCUT2D eigenvalue weighted by Crippen LogP contribution is 2.35. The molecule has 0 saturated carbocycles. The fourth-order valence-corrected chi connectivity index (χ4v) is 5.94. The Bertz CT molecular complexity index is 1120. The summed E-state index contributed by atoms with van der Waals surface area (Å²) < 4.78 is 27.3. The molecule has 0 unspecified atom stereocenters. The van der Waals surface area contributed by atoms with Gasteiger partial charge in [-0.3, -0.25) is 14.5 Å². The molecule has 0 bridgehead atoms. The van der Waals surface area contributed by atoms with Crippen LogP contribution in [0.25, 0.3) is 0 Å². The van der Waals surface area contributed by atoms with Crippen molar-refractivity contribution in [3.8, 4) is 0 Å². The molecule has 2 amide bonds. The number of nitrogens with zero attached hydrogens (tertiary/aromatic N) is 2. The van der Waals surface area contributed by atoms with E-state index in [1.54, 1.807) is 12.1 Å². The average molecular weight is 442 g/mol. The molecule has 2 aliphatic rings. The van der Waals surface area contributed by atoms with Crippen LogP contribution in [-0.4, -0.2) is 43.7 Å². The summed E-state index contributed by atoms with van der Waals surface area (Å²) in [6.45, 7) is 4.84. The lowest BCUT2D eigenvalue weighted by atomic mass is 10.1. The van der Waals surface area contributed by atoms with Crippen LogP contribution in [0.1, 0.15) is 36.5 Å². The maximum absolute atomic E-state index is 13.0. The maximum atomic E-state index is 13.0. The first-order chi connectivity index (χ1) is 14.8. The van der Waals surface area contributed by atoms with Crippen molar-refractivity contribution < 1.29 is 18.0 Å². The van der Waals surface area contributed by atoms with Gasteiger partial charge in [0.1, 0.15) is 6.04 Å². The van der Waals surface area contributed by atoms with Crippen LogP contribution in [0.2, 0.25) is 0 Å². The fraction of sp³-hybridized carbons (Fsp3) is 0.391. The molecule has 2 aromatic carbocycles. The summed E-state index contributed by atoms with van der Waals surface area (Å²) in [6.07, 6.45) is 2.02. The molecule has 164 valence electrons. The van der Waals surface area contributed by atoms with Crippen molar-refractivity contribution in [1.82, 2.24) is 9.62 Å².